The van der Waals surface area contributed by atoms with Gasteiger partial charge in [0.15, 0.2) is 0 Å². The molecule has 0 atom stereocenters. The van der Waals surface area contributed by atoms with Gasteiger partial charge in [-0.15, -0.1) is 11.8 Å². The van der Waals surface area contributed by atoms with E-state index >= 15 is 0 Å². The largest absolute Gasteiger partial charge is 0.491 e. The molecule has 0 radical (unpaired) electrons. The van der Waals surface area contributed by atoms with Crippen LogP contribution in [0.5, 0.6) is 5.75 Å². The van der Waals surface area contributed by atoms with Gasteiger partial charge in [0.05, 0.1) is 24.9 Å². The quantitative estimate of drug-likeness (QED) is 0.500. The third kappa shape index (κ3) is 4.44. The second kappa shape index (κ2) is 9.43. The van der Waals surface area contributed by atoms with Crippen molar-refractivity contribution >= 4 is 17.7 Å². The number of carbonyl (C=O) groups is 1. The maximum atomic E-state index is 12.2. The Morgan fingerprint density at radius 1 is 1.15 bits per heavy atom. The Bertz CT molecular complexity index is 1170. The van der Waals surface area contributed by atoms with E-state index < -0.39 is 5.54 Å². The standard InChI is InChI=1S/C26H30N4O3S/c1-26(2,25(31)32-3)30-12-9-18(10-13-30)34-19-7-8-23-20(16-19)24-28-22(17-29(24)14-15-33-23)21-6-4-5-11-27-21/h4-8,11,16-18H,9-10,12-15H2,1-3H3. The van der Waals surface area contributed by atoms with E-state index in [4.69, 9.17) is 14.5 Å². The van der Waals surface area contributed by atoms with Gasteiger partial charge in [0.25, 0.3) is 0 Å². The Morgan fingerprint density at radius 3 is 2.71 bits per heavy atom. The summed E-state index contributed by atoms with van der Waals surface area (Å²) in [4.78, 5) is 25.0. The summed E-state index contributed by atoms with van der Waals surface area (Å²) in [6.45, 7) is 7.01. The van der Waals surface area contributed by atoms with Gasteiger partial charge in [0.1, 0.15) is 29.4 Å². The van der Waals surface area contributed by atoms with Crippen LogP contribution >= 0.6 is 11.8 Å². The van der Waals surface area contributed by atoms with Crippen LogP contribution in [-0.2, 0) is 16.1 Å². The molecule has 0 spiro atoms. The fourth-order valence-corrected chi connectivity index (χ4v) is 5.84. The van der Waals surface area contributed by atoms with Gasteiger partial charge in [-0.05, 0) is 57.0 Å². The van der Waals surface area contributed by atoms with Crippen LogP contribution < -0.4 is 4.74 Å². The number of nitrogens with zero attached hydrogens (tertiary/aromatic N) is 4. The van der Waals surface area contributed by atoms with Gasteiger partial charge in [-0.25, -0.2) is 4.98 Å². The zero-order chi connectivity index (χ0) is 23.7. The summed E-state index contributed by atoms with van der Waals surface area (Å²) in [5, 5.41) is 0.498. The Labute approximate surface area is 204 Å². The highest BCUT2D eigenvalue weighted by molar-refractivity contribution is 8.00. The molecule has 0 bridgehead atoms. The van der Waals surface area contributed by atoms with Crippen molar-refractivity contribution in [3.05, 3.63) is 48.8 Å². The van der Waals surface area contributed by atoms with Crippen molar-refractivity contribution in [2.24, 2.45) is 0 Å². The average molecular weight is 479 g/mol. The van der Waals surface area contributed by atoms with Crippen molar-refractivity contribution in [3.8, 4) is 28.5 Å². The molecule has 34 heavy (non-hydrogen) atoms. The van der Waals surface area contributed by atoms with Gasteiger partial charge >= 0.3 is 5.97 Å². The first kappa shape index (κ1) is 22.9. The third-order valence-corrected chi connectivity index (χ3v) is 8.04. The minimum Gasteiger partial charge on any atom is -0.491 e. The number of likely N-dealkylation sites (tertiary alicyclic amines) is 1. The number of benzene rings is 1. The van der Waals surface area contributed by atoms with Gasteiger partial charge in [0.2, 0.25) is 0 Å². The van der Waals surface area contributed by atoms with E-state index in [9.17, 15) is 4.79 Å². The number of rotatable bonds is 5. The average Bonchev–Trinajstić information content (AvgIpc) is 3.21. The summed E-state index contributed by atoms with van der Waals surface area (Å²) in [6, 6.07) is 12.3. The first-order valence-electron chi connectivity index (χ1n) is 11.7. The lowest BCUT2D eigenvalue weighted by Crippen LogP contribution is -2.53. The monoisotopic (exact) mass is 478 g/mol. The van der Waals surface area contributed by atoms with Crippen LogP contribution in [0, 0.1) is 0 Å². The van der Waals surface area contributed by atoms with Crippen molar-refractivity contribution in [1.29, 1.82) is 0 Å². The second-order valence-electron chi connectivity index (χ2n) is 9.22. The number of hydrogen-bond acceptors (Lipinski definition) is 7. The summed E-state index contributed by atoms with van der Waals surface area (Å²) in [5.41, 5.74) is 2.18. The van der Waals surface area contributed by atoms with Crippen molar-refractivity contribution in [2.75, 3.05) is 26.8 Å². The maximum Gasteiger partial charge on any atom is 0.325 e. The summed E-state index contributed by atoms with van der Waals surface area (Å²) in [7, 11) is 1.46. The molecule has 1 saturated heterocycles. The number of thioether (sulfide) groups is 1. The number of piperidine rings is 1. The Morgan fingerprint density at radius 2 is 1.97 bits per heavy atom. The lowest BCUT2D eigenvalue weighted by Gasteiger charge is -2.40. The van der Waals surface area contributed by atoms with Gasteiger partial charge in [-0.1, -0.05) is 6.07 Å². The van der Waals surface area contributed by atoms with Crippen LogP contribution in [0.25, 0.3) is 22.8 Å². The molecule has 1 aromatic carbocycles. The van der Waals surface area contributed by atoms with E-state index in [2.05, 4.69) is 38.8 Å². The molecule has 0 unspecified atom stereocenters. The Balaban J connectivity index is 1.33. The van der Waals surface area contributed by atoms with E-state index in [0.29, 0.717) is 11.9 Å². The third-order valence-electron chi connectivity index (χ3n) is 6.71. The molecule has 5 rings (SSSR count). The number of imidazole rings is 1. The van der Waals surface area contributed by atoms with Gasteiger partial charge in [-0.3, -0.25) is 14.7 Å². The predicted octanol–water partition coefficient (Wildman–Crippen LogP) is 4.51. The number of hydrogen-bond donors (Lipinski definition) is 0. The summed E-state index contributed by atoms with van der Waals surface area (Å²) < 4.78 is 13.2. The number of pyridine rings is 1. The highest BCUT2D eigenvalue weighted by atomic mass is 32.2. The first-order chi connectivity index (χ1) is 16.5. The first-order valence-corrected chi connectivity index (χ1v) is 12.6. The second-order valence-corrected chi connectivity index (χ2v) is 10.6. The minimum atomic E-state index is -0.589. The van der Waals surface area contributed by atoms with Crippen molar-refractivity contribution in [1.82, 2.24) is 19.4 Å². The molecule has 178 valence electrons. The molecule has 0 N–H and O–H groups in total. The van der Waals surface area contributed by atoms with Crippen LogP contribution in [0.15, 0.2) is 53.7 Å². The summed E-state index contributed by atoms with van der Waals surface area (Å²) >= 11 is 1.90. The topological polar surface area (TPSA) is 69.5 Å². The zero-order valence-corrected chi connectivity index (χ0v) is 20.7. The van der Waals surface area contributed by atoms with E-state index in [-0.39, 0.29) is 5.97 Å². The van der Waals surface area contributed by atoms with Crippen molar-refractivity contribution < 1.29 is 14.3 Å². The maximum absolute atomic E-state index is 12.2. The van der Waals surface area contributed by atoms with Crippen LogP contribution in [0.4, 0.5) is 0 Å². The Kier molecular flexibility index (Phi) is 6.36. The van der Waals surface area contributed by atoms with Crippen LogP contribution in [0.3, 0.4) is 0 Å². The lowest BCUT2D eigenvalue weighted by atomic mass is 9.98. The molecule has 4 heterocycles. The van der Waals surface area contributed by atoms with E-state index in [0.717, 1.165) is 61.0 Å². The lowest BCUT2D eigenvalue weighted by molar-refractivity contribution is -0.153. The van der Waals surface area contributed by atoms with Gasteiger partial charge < -0.3 is 14.0 Å². The molecule has 7 nitrogen and oxygen atoms in total. The number of fused-ring (bicyclic) bond motifs is 3. The molecule has 2 aromatic heterocycles. The molecule has 0 aliphatic carbocycles. The van der Waals surface area contributed by atoms with E-state index in [1.54, 1.807) is 6.20 Å². The molecule has 2 aliphatic rings. The van der Waals surface area contributed by atoms with Crippen LogP contribution in [0.2, 0.25) is 0 Å². The van der Waals surface area contributed by atoms with Crippen molar-refractivity contribution in [2.45, 2.75) is 48.9 Å². The molecule has 0 amide bonds. The molecular formula is C26H30N4O3S. The van der Waals surface area contributed by atoms with Gasteiger partial charge in [0, 0.05) is 35.6 Å². The Hall–Kier alpha value is -2.84. The fraction of sp³-hybridized carbons (Fsp3) is 0.423. The predicted molar refractivity (Wildman–Crippen MR) is 133 cm³/mol. The molecule has 2 aliphatic heterocycles. The summed E-state index contributed by atoms with van der Waals surface area (Å²) in [6.07, 6.45) is 5.91. The molecule has 8 heteroatoms. The van der Waals surface area contributed by atoms with Crippen LogP contribution in [-0.4, -0.2) is 63.0 Å². The minimum absolute atomic E-state index is 0.176. The molecule has 0 saturated carbocycles. The van der Waals surface area contributed by atoms with Crippen molar-refractivity contribution in [3.63, 3.8) is 0 Å². The highest BCUT2D eigenvalue weighted by Crippen LogP contribution is 2.39. The number of methoxy groups -OCH3 is 1. The highest BCUT2D eigenvalue weighted by Gasteiger charge is 2.37. The van der Waals surface area contributed by atoms with Crippen LogP contribution in [0.1, 0.15) is 26.7 Å². The summed E-state index contributed by atoms with van der Waals surface area (Å²) in [5.74, 6) is 1.62. The van der Waals surface area contributed by atoms with Gasteiger partial charge in [-0.2, -0.15) is 0 Å². The normalized spacial score (nSPS) is 16.8. The van der Waals surface area contributed by atoms with E-state index in [1.807, 2.05) is 43.8 Å². The fourth-order valence-electron chi connectivity index (χ4n) is 4.68. The van der Waals surface area contributed by atoms with E-state index in [1.165, 1.54) is 12.0 Å². The number of esters is 1. The number of carbonyl (C=O) groups excluding carboxylic acids is 1. The number of aromatic nitrogens is 3. The zero-order valence-electron chi connectivity index (χ0n) is 19.9. The molecule has 3 aromatic rings. The molecule has 1 fully saturated rings. The smallest absolute Gasteiger partial charge is 0.325 e. The molecular weight excluding hydrogens is 448 g/mol. The number of ether oxygens (including phenoxy) is 2. The SMILES string of the molecule is COC(=O)C(C)(C)N1CCC(Sc2ccc3c(c2)-c2nc(-c4ccccn4)cn2CCO3)CC1.